The summed E-state index contributed by atoms with van der Waals surface area (Å²) in [5, 5.41) is 3.17. The smallest absolute Gasteiger partial charge is 0.237 e. The van der Waals surface area contributed by atoms with Crippen LogP contribution in [0.5, 0.6) is 5.75 Å². The largest absolute Gasteiger partial charge is 0.491 e. The molecule has 21 heavy (non-hydrogen) atoms. The first-order chi connectivity index (χ1) is 9.74. The van der Waals surface area contributed by atoms with E-state index in [2.05, 4.69) is 5.32 Å². The van der Waals surface area contributed by atoms with Gasteiger partial charge in [0.15, 0.2) is 11.6 Å². The Labute approximate surface area is 125 Å². The molecule has 0 spiro atoms. The van der Waals surface area contributed by atoms with Gasteiger partial charge in [0.1, 0.15) is 0 Å². The van der Waals surface area contributed by atoms with Crippen LogP contribution in [0.1, 0.15) is 39.2 Å². The zero-order chi connectivity index (χ0) is 16.0. The van der Waals surface area contributed by atoms with Crippen molar-refractivity contribution in [3.8, 4) is 5.75 Å². The summed E-state index contributed by atoms with van der Waals surface area (Å²) in [5.74, 6) is -0.524. The van der Waals surface area contributed by atoms with E-state index in [1.54, 1.807) is 19.1 Å². The van der Waals surface area contributed by atoms with Crippen molar-refractivity contribution >= 4 is 5.91 Å². The van der Waals surface area contributed by atoms with Crippen molar-refractivity contribution in [2.75, 3.05) is 6.61 Å². The van der Waals surface area contributed by atoms with E-state index in [-0.39, 0.29) is 17.6 Å². The molecule has 0 aliphatic heterocycles. The number of nitrogens with two attached hydrogens (primary N) is 1. The highest BCUT2D eigenvalue weighted by Gasteiger charge is 2.30. The summed E-state index contributed by atoms with van der Waals surface area (Å²) in [6.45, 7) is 7.91. The molecule has 4 nitrogen and oxygen atoms in total. The summed E-state index contributed by atoms with van der Waals surface area (Å²) in [7, 11) is 0. The third kappa shape index (κ3) is 5.34. The molecule has 0 aliphatic carbocycles. The molecule has 0 bridgehead atoms. The fourth-order valence-electron chi connectivity index (χ4n) is 2.23. The number of carbonyl (C=O) groups is 1. The van der Waals surface area contributed by atoms with Gasteiger partial charge in [-0.05, 0) is 58.2 Å². The van der Waals surface area contributed by atoms with Crippen LogP contribution in [-0.4, -0.2) is 24.1 Å². The fraction of sp³-hybridized carbons (Fsp3) is 0.562. The Balaban J connectivity index is 2.51. The Morgan fingerprint density at radius 3 is 2.71 bits per heavy atom. The Morgan fingerprint density at radius 1 is 1.48 bits per heavy atom. The second kappa shape index (κ2) is 7.41. The van der Waals surface area contributed by atoms with E-state index >= 15 is 0 Å². The molecule has 118 valence electrons. The van der Waals surface area contributed by atoms with Crippen LogP contribution >= 0.6 is 0 Å². The minimum absolute atomic E-state index is 0.151. The Bertz CT molecular complexity index is 491. The third-order valence-corrected chi connectivity index (χ3v) is 3.32. The second-order valence-electron chi connectivity index (χ2n) is 5.88. The van der Waals surface area contributed by atoms with Gasteiger partial charge in [0.2, 0.25) is 5.91 Å². The normalized spacial score (nSPS) is 14.0. The first kappa shape index (κ1) is 17.4. The molecule has 0 aliphatic rings. The van der Waals surface area contributed by atoms with Crippen molar-refractivity contribution in [2.24, 2.45) is 5.73 Å². The number of hydrogen-bond acceptors (Lipinski definition) is 3. The minimum atomic E-state index is -0.775. The number of halogens is 1. The zero-order valence-corrected chi connectivity index (χ0v) is 13.2. The predicted octanol–water partition coefficient (Wildman–Crippen LogP) is 2.54. The number of hydrogen-bond donors (Lipinski definition) is 2. The Hall–Kier alpha value is -1.62. The lowest BCUT2D eigenvalue weighted by Gasteiger charge is -2.29. The van der Waals surface area contributed by atoms with Crippen LogP contribution in [0, 0.1) is 12.7 Å². The highest BCUT2D eigenvalue weighted by molar-refractivity contribution is 5.84. The summed E-state index contributed by atoms with van der Waals surface area (Å²) in [5.41, 5.74) is 5.62. The van der Waals surface area contributed by atoms with Crippen molar-refractivity contribution in [1.82, 2.24) is 5.32 Å². The molecule has 1 aromatic carbocycles. The molecular weight excluding hydrogens is 271 g/mol. The zero-order valence-electron chi connectivity index (χ0n) is 13.2. The van der Waals surface area contributed by atoms with E-state index in [0.29, 0.717) is 19.4 Å². The number of nitrogens with one attached hydrogen (secondary N) is 1. The van der Waals surface area contributed by atoms with Gasteiger partial charge in [-0.1, -0.05) is 6.07 Å². The lowest BCUT2D eigenvalue weighted by atomic mass is 9.94. The van der Waals surface area contributed by atoms with Gasteiger partial charge in [-0.2, -0.15) is 0 Å². The van der Waals surface area contributed by atoms with E-state index in [4.69, 9.17) is 10.5 Å². The molecule has 0 fully saturated rings. The number of benzene rings is 1. The number of amides is 1. The van der Waals surface area contributed by atoms with Gasteiger partial charge in [-0.15, -0.1) is 0 Å². The minimum Gasteiger partial charge on any atom is -0.491 e. The van der Waals surface area contributed by atoms with Crippen molar-refractivity contribution in [2.45, 2.75) is 52.1 Å². The molecule has 1 amide bonds. The van der Waals surface area contributed by atoms with Crippen LogP contribution in [0.3, 0.4) is 0 Å². The van der Waals surface area contributed by atoms with Gasteiger partial charge >= 0.3 is 0 Å². The number of rotatable bonds is 8. The number of aryl methyl sites for hydroxylation is 1. The molecular formula is C16H25FN2O2. The van der Waals surface area contributed by atoms with Gasteiger partial charge in [0.25, 0.3) is 0 Å². The van der Waals surface area contributed by atoms with Gasteiger partial charge in [-0.3, -0.25) is 4.79 Å². The van der Waals surface area contributed by atoms with Crippen LogP contribution < -0.4 is 15.8 Å². The van der Waals surface area contributed by atoms with E-state index in [0.717, 1.165) is 5.56 Å². The van der Waals surface area contributed by atoms with Crippen LogP contribution in [0.4, 0.5) is 4.39 Å². The lowest BCUT2D eigenvalue weighted by Crippen LogP contribution is -2.55. The van der Waals surface area contributed by atoms with Gasteiger partial charge < -0.3 is 15.8 Å². The summed E-state index contributed by atoms with van der Waals surface area (Å²) in [6.07, 6.45) is 1.14. The number of primary amides is 1. The first-order valence-electron chi connectivity index (χ1n) is 7.21. The number of ether oxygens (including phenoxy) is 1. The maximum absolute atomic E-state index is 13.5. The highest BCUT2D eigenvalue weighted by atomic mass is 19.1. The SMILES string of the molecule is Cc1ccc(F)c(OCCCC(C)(NC(C)C)C(N)=O)c1. The van der Waals surface area contributed by atoms with Crippen molar-refractivity contribution in [3.05, 3.63) is 29.6 Å². The van der Waals surface area contributed by atoms with Gasteiger partial charge in [-0.25, -0.2) is 4.39 Å². The monoisotopic (exact) mass is 296 g/mol. The standard InChI is InChI=1S/C16H25FN2O2/c1-11(2)19-16(4,15(18)20)8-5-9-21-14-10-12(3)6-7-13(14)17/h6-7,10-11,19H,5,8-9H2,1-4H3,(H2,18,20). The van der Waals surface area contributed by atoms with E-state index < -0.39 is 11.4 Å². The number of carbonyl (C=O) groups excluding carboxylic acids is 1. The van der Waals surface area contributed by atoms with E-state index in [1.807, 2.05) is 20.8 Å². The first-order valence-corrected chi connectivity index (χ1v) is 7.21. The average Bonchev–Trinajstić information content (AvgIpc) is 2.37. The summed E-state index contributed by atoms with van der Waals surface area (Å²) >= 11 is 0. The van der Waals surface area contributed by atoms with Crippen molar-refractivity contribution in [1.29, 1.82) is 0 Å². The molecule has 5 heteroatoms. The average molecular weight is 296 g/mol. The second-order valence-corrected chi connectivity index (χ2v) is 5.88. The third-order valence-electron chi connectivity index (χ3n) is 3.32. The van der Waals surface area contributed by atoms with Gasteiger partial charge in [0, 0.05) is 6.04 Å². The van der Waals surface area contributed by atoms with Crippen LogP contribution in [0.15, 0.2) is 18.2 Å². The van der Waals surface area contributed by atoms with Crippen LogP contribution in [0.25, 0.3) is 0 Å². The predicted molar refractivity (Wildman–Crippen MR) is 81.7 cm³/mol. The molecule has 0 aromatic heterocycles. The Kier molecular flexibility index (Phi) is 6.15. The maximum Gasteiger partial charge on any atom is 0.237 e. The van der Waals surface area contributed by atoms with Gasteiger partial charge in [0.05, 0.1) is 12.1 Å². The molecule has 0 saturated heterocycles. The van der Waals surface area contributed by atoms with Crippen LogP contribution in [0.2, 0.25) is 0 Å². The molecule has 1 unspecified atom stereocenters. The summed E-state index contributed by atoms with van der Waals surface area (Å²) in [4.78, 5) is 11.6. The Morgan fingerprint density at radius 2 is 2.14 bits per heavy atom. The van der Waals surface area contributed by atoms with E-state index in [1.165, 1.54) is 6.07 Å². The highest BCUT2D eigenvalue weighted by Crippen LogP contribution is 2.19. The van der Waals surface area contributed by atoms with E-state index in [9.17, 15) is 9.18 Å². The lowest BCUT2D eigenvalue weighted by molar-refractivity contribution is -0.124. The fourth-order valence-corrected chi connectivity index (χ4v) is 2.23. The summed E-state index contributed by atoms with van der Waals surface area (Å²) in [6, 6.07) is 4.89. The molecule has 1 rings (SSSR count). The quantitative estimate of drug-likeness (QED) is 0.725. The molecule has 1 atom stereocenters. The van der Waals surface area contributed by atoms with Crippen molar-refractivity contribution < 1.29 is 13.9 Å². The molecule has 0 radical (unpaired) electrons. The van der Waals surface area contributed by atoms with Crippen LogP contribution in [-0.2, 0) is 4.79 Å². The summed E-state index contributed by atoms with van der Waals surface area (Å²) < 4.78 is 19.0. The molecule has 3 N–H and O–H groups in total. The molecule has 0 heterocycles. The molecule has 1 aromatic rings. The molecule has 0 saturated carbocycles. The van der Waals surface area contributed by atoms with Crippen molar-refractivity contribution in [3.63, 3.8) is 0 Å². The maximum atomic E-state index is 13.5. The topological polar surface area (TPSA) is 64.3 Å².